The van der Waals surface area contributed by atoms with E-state index in [1.54, 1.807) is 24.3 Å². The van der Waals surface area contributed by atoms with Gasteiger partial charge < -0.3 is 9.47 Å². The lowest BCUT2D eigenvalue weighted by atomic mass is 10.0. The molecule has 0 saturated carbocycles. The van der Waals surface area contributed by atoms with Gasteiger partial charge >= 0.3 is 5.97 Å². The molecular weight excluding hydrogens is 312 g/mol. The summed E-state index contributed by atoms with van der Waals surface area (Å²) < 4.78 is 10.5. The smallest absolute Gasteiger partial charge is 0.337 e. The Morgan fingerprint density at radius 1 is 0.720 bits per heavy atom. The molecule has 0 aliphatic heterocycles. The van der Waals surface area contributed by atoms with Crippen LogP contribution in [0.4, 0.5) is 0 Å². The molecule has 0 heterocycles. The molecule has 0 unspecified atom stereocenters. The van der Waals surface area contributed by atoms with Crippen LogP contribution in [0.5, 0.6) is 11.5 Å². The Kier molecular flexibility index (Phi) is 5.47. The van der Waals surface area contributed by atoms with E-state index in [4.69, 9.17) is 4.74 Å². The maximum absolute atomic E-state index is 11.4. The SMILES string of the molecule is COC(=O)c1ccc(Oc2ccc(CCc3ccccc3)cc2)cc1. The standard InChI is InChI=1S/C22H20O3/c1-24-22(23)19-11-15-21(16-12-19)25-20-13-9-18(10-14-20)8-7-17-5-3-2-4-6-17/h2-6,9-16H,7-8H2,1H3. The van der Waals surface area contributed by atoms with Gasteiger partial charge in [0.15, 0.2) is 0 Å². The summed E-state index contributed by atoms with van der Waals surface area (Å²) in [6.45, 7) is 0. The van der Waals surface area contributed by atoms with E-state index in [1.165, 1.54) is 18.2 Å². The highest BCUT2D eigenvalue weighted by Gasteiger charge is 2.05. The number of esters is 1. The second-order valence-electron chi connectivity index (χ2n) is 5.75. The van der Waals surface area contributed by atoms with Crippen molar-refractivity contribution in [1.29, 1.82) is 0 Å². The first-order valence-corrected chi connectivity index (χ1v) is 8.24. The van der Waals surface area contributed by atoms with Gasteiger partial charge in [-0.1, -0.05) is 42.5 Å². The van der Waals surface area contributed by atoms with Crippen LogP contribution < -0.4 is 4.74 Å². The Morgan fingerprint density at radius 2 is 1.24 bits per heavy atom. The van der Waals surface area contributed by atoms with E-state index in [1.807, 2.05) is 18.2 Å². The first-order chi connectivity index (χ1) is 12.2. The summed E-state index contributed by atoms with van der Waals surface area (Å²) in [7, 11) is 1.37. The third kappa shape index (κ3) is 4.70. The number of aryl methyl sites for hydroxylation is 2. The van der Waals surface area contributed by atoms with Gasteiger partial charge in [0, 0.05) is 0 Å². The molecule has 0 bridgehead atoms. The molecule has 3 aromatic carbocycles. The van der Waals surface area contributed by atoms with Crippen molar-refractivity contribution in [2.24, 2.45) is 0 Å². The molecule has 3 aromatic rings. The Labute approximate surface area is 147 Å². The molecule has 0 N–H and O–H groups in total. The lowest BCUT2D eigenvalue weighted by Gasteiger charge is -2.08. The molecule has 126 valence electrons. The maximum atomic E-state index is 11.4. The van der Waals surface area contributed by atoms with Crippen molar-refractivity contribution < 1.29 is 14.3 Å². The van der Waals surface area contributed by atoms with Gasteiger partial charge in [-0.15, -0.1) is 0 Å². The van der Waals surface area contributed by atoms with E-state index < -0.39 is 0 Å². The molecule has 0 aliphatic carbocycles. The predicted octanol–water partition coefficient (Wildman–Crippen LogP) is 5.05. The molecule has 25 heavy (non-hydrogen) atoms. The third-order valence-corrected chi connectivity index (χ3v) is 3.98. The Hall–Kier alpha value is -3.07. The zero-order valence-corrected chi connectivity index (χ0v) is 14.1. The van der Waals surface area contributed by atoms with Crippen LogP contribution >= 0.6 is 0 Å². The topological polar surface area (TPSA) is 35.5 Å². The van der Waals surface area contributed by atoms with Crippen molar-refractivity contribution >= 4 is 5.97 Å². The molecular formula is C22H20O3. The number of hydrogen-bond acceptors (Lipinski definition) is 3. The zero-order valence-electron chi connectivity index (χ0n) is 14.1. The second-order valence-corrected chi connectivity index (χ2v) is 5.75. The van der Waals surface area contributed by atoms with Gasteiger partial charge in [0.2, 0.25) is 0 Å². The molecule has 0 fully saturated rings. The van der Waals surface area contributed by atoms with Crippen LogP contribution in [0.1, 0.15) is 21.5 Å². The average molecular weight is 332 g/mol. The lowest BCUT2D eigenvalue weighted by molar-refractivity contribution is 0.0600. The highest BCUT2D eigenvalue weighted by atomic mass is 16.5. The summed E-state index contributed by atoms with van der Waals surface area (Å²) in [6.07, 6.45) is 2.02. The third-order valence-electron chi connectivity index (χ3n) is 3.98. The molecule has 0 spiro atoms. The van der Waals surface area contributed by atoms with Crippen LogP contribution in [0.15, 0.2) is 78.9 Å². The number of ether oxygens (including phenoxy) is 2. The normalized spacial score (nSPS) is 10.3. The molecule has 0 aromatic heterocycles. The maximum Gasteiger partial charge on any atom is 0.337 e. The highest BCUT2D eigenvalue weighted by Crippen LogP contribution is 2.22. The van der Waals surface area contributed by atoms with Crippen LogP contribution in [-0.2, 0) is 17.6 Å². The fourth-order valence-electron chi connectivity index (χ4n) is 2.57. The van der Waals surface area contributed by atoms with E-state index in [0.717, 1.165) is 18.6 Å². The van der Waals surface area contributed by atoms with Crippen molar-refractivity contribution in [2.45, 2.75) is 12.8 Å². The van der Waals surface area contributed by atoms with Crippen molar-refractivity contribution in [3.05, 3.63) is 95.6 Å². The van der Waals surface area contributed by atoms with Crippen LogP contribution in [0.3, 0.4) is 0 Å². The zero-order chi connectivity index (χ0) is 17.5. The predicted molar refractivity (Wildman–Crippen MR) is 98.1 cm³/mol. The van der Waals surface area contributed by atoms with Gasteiger partial charge in [0.1, 0.15) is 11.5 Å². The quantitative estimate of drug-likeness (QED) is 0.593. The molecule has 3 heteroatoms. The highest BCUT2D eigenvalue weighted by molar-refractivity contribution is 5.89. The van der Waals surface area contributed by atoms with E-state index in [9.17, 15) is 4.79 Å². The molecule has 0 radical (unpaired) electrons. The van der Waals surface area contributed by atoms with Gasteiger partial charge in [-0.2, -0.15) is 0 Å². The summed E-state index contributed by atoms with van der Waals surface area (Å²) in [5.74, 6) is 1.10. The summed E-state index contributed by atoms with van der Waals surface area (Å²) in [5.41, 5.74) is 3.12. The number of benzene rings is 3. The lowest BCUT2D eigenvalue weighted by Crippen LogP contribution is -2.00. The minimum atomic E-state index is -0.352. The monoisotopic (exact) mass is 332 g/mol. The molecule has 3 nitrogen and oxygen atoms in total. The van der Waals surface area contributed by atoms with Gasteiger partial charge in [-0.3, -0.25) is 0 Å². The average Bonchev–Trinajstić information content (AvgIpc) is 2.68. The summed E-state index contributed by atoms with van der Waals surface area (Å²) in [6, 6.07) is 25.5. The van der Waals surface area contributed by atoms with Crippen LogP contribution in [0.2, 0.25) is 0 Å². The largest absolute Gasteiger partial charge is 0.465 e. The Bertz CT molecular complexity index is 806. The molecule has 0 atom stereocenters. The van der Waals surface area contributed by atoms with Crippen LogP contribution in [0.25, 0.3) is 0 Å². The Balaban J connectivity index is 1.58. The van der Waals surface area contributed by atoms with Gasteiger partial charge in [0.05, 0.1) is 12.7 Å². The van der Waals surface area contributed by atoms with E-state index >= 15 is 0 Å². The van der Waals surface area contributed by atoms with E-state index in [0.29, 0.717) is 11.3 Å². The molecule has 3 rings (SSSR count). The van der Waals surface area contributed by atoms with Crippen LogP contribution in [0, 0.1) is 0 Å². The number of carbonyl (C=O) groups excluding carboxylic acids is 1. The first kappa shape index (κ1) is 16.8. The fraction of sp³-hybridized carbons (Fsp3) is 0.136. The summed E-state index contributed by atoms with van der Waals surface area (Å²) in [4.78, 5) is 11.4. The first-order valence-electron chi connectivity index (χ1n) is 8.24. The van der Waals surface area contributed by atoms with Crippen molar-refractivity contribution in [3.8, 4) is 11.5 Å². The van der Waals surface area contributed by atoms with Crippen molar-refractivity contribution in [3.63, 3.8) is 0 Å². The fourth-order valence-corrected chi connectivity index (χ4v) is 2.57. The van der Waals surface area contributed by atoms with Crippen molar-refractivity contribution in [1.82, 2.24) is 0 Å². The van der Waals surface area contributed by atoms with E-state index in [2.05, 4.69) is 41.1 Å². The minimum absolute atomic E-state index is 0.352. The molecule has 0 aliphatic rings. The van der Waals surface area contributed by atoms with Gasteiger partial charge in [-0.25, -0.2) is 4.79 Å². The number of hydrogen-bond donors (Lipinski definition) is 0. The van der Waals surface area contributed by atoms with E-state index in [-0.39, 0.29) is 5.97 Å². The molecule has 0 saturated heterocycles. The second kappa shape index (κ2) is 8.15. The van der Waals surface area contributed by atoms with Gasteiger partial charge in [0.25, 0.3) is 0 Å². The molecule has 0 amide bonds. The van der Waals surface area contributed by atoms with Gasteiger partial charge in [-0.05, 0) is 60.4 Å². The Morgan fingerprint density at radius 3 is 1.80 bits per heavy atom. The number of carbonyl (C=O) groups is 1. The van der Waals surface area contributed by atoms with Crippen molar-refractivity contribution in [2.75, 3.05) is 7.11 Å². The van der Waals surface area contributed by atoms with Crippen LogP contribution in [-0.4, -0.2) is 13.1 Å². The summed E-state index contributed by atoms with van der Waals surface area (Å²) >= 11 is 0. The number of rotatable bonds is 6. The number of methoxy groups -OCH3 is 1. The minimum Gasteiger partial charge on any atom is -0.465 e. The summed E-state index contributed by atoms with van der Waals surface area (Å²) in [5, 5.41) is 0.